The van der Waals surface area contributed by atoms with Crippen LogP contribution in [0.15, 0.2) is 42.9 Å². The number of pyridine rings is 1. The number of carbonyl (C=O) groups is 3. The number of carbonyl (C=O) groups excluding carboxylic acids is 3. The Balaban J connectivity index is 1.63. The molecule has 3 aromatic rings. The molecule has 38 heavy (non-hydrogen) atoms. The number of nitrogens with two attached hydrogens (primary N) is 1. The number of amides is 4. The van der Waals surface area contributed by atoms with Crippen LogP contribution in [0.2, 0.25) is 0 Å². The third-order valence-electron chi connectivity index (χ3n) is 7.18. The Kier molecular flexibility index (Phi) is 7.47. The molecule has 10 nitrogen and oxygen atoms in total. The highest BCUT2D eigenvalue weighted by atomic mass is 19.1. The second-order valence-electron chi connectivity index (χ2n) is 9.61. The third-order valence-corrected chi connectivity index (χ3v) is 7.18. The molecule has 0 aliphatic carbocycles. The maximum absolute atomic E-state index is 15.0. The highest BCUT2D eigenvalue weighted by molar-refractivity contribution is 6.12. The Bertz CT molecular complexity index is 1390. The van der Waals surface area contributed by atoms with Crippen molar-refractivity contribution in [3.63, 3.8) is 0 Å². The summed E-state index contributed by atoms with van der Waals surface area (Å²) < 4.78 is 16.7. The van der Waals surface area contributed by atoms with E-state index in [9.17, 15) is 14.4 Å². The minimum atomic E-state index is -1.08. The molecule has 0 saturated carbocycles. The third kappa shape index (κ3) is 4.83. The van der Waals surface area contributed by atoms with Gasteiger partial charge in [0.05, 0.1) is 12.0 Å². The first-order valence-electron chi connectivity index (χ1n) is 12.4. The number of halogens is 1. The lowest BCUT2D eigenvalue weighted by Crippen LogP contribution is -2.70. The molecule has 1 aliphatic rings. The number of β-lactam (4-membered cyclic amide) rings is 1. The van der Waals surface area contributed by atoms with Gasteiger partial charge in [0.25, 0.3) is 5.91 Å². The van der Waals surface area contributed by atoms with Crippen LogP contribution in [-0.4, -0.2) is 50.4 Å². The summed E-state index contributed by atoms with van der Waals surface area (Å²) in [6.07, 6.45) is 5.36. The van der Waals surface area contributed by atoms with Crippen molar-refractivity contribution in [3.8, 4) is 0 Å². The van der Waals surface area contributed by atoms with Gasteiger partial charge in [-0.2, -0.15) is 0 Å². The largest absolute Gasteiger partial charge is 0.384 e. The number of nitrogen functional groups attached to an aromatic ring is 1. The normalized spacial score (nSPS) is 17.6. The number of anilines is 2. The number of rotatable bonds is 7. The summed E-state index contributed by atoms with van der Waals surface area (Å²) >= 11 is 0. The van der Waals surface area contributed by atoms with Crippen LogP contribution in [0.5, 0.6) is 0 Å². The Morgan fingerprint density at radius 1 is 1.21 bits per heavy atom. The summed E-state index contributed by atoms with van der Waals surface area (Å²) in [7, 11) is 3.29. The van der Waals surface area contributed by atoms with E-state index in [1.807, 2.05) is 13.8 Å². The van der Waals surface area contributed by atoms with Crippen molar-refractivity contribution in [2.75, 3.05) is 17.7 Å². The number of likely N-dealkylation sites (tertiary alicyclic amines) is 1. The van der Waals surface area contributed by atoms with Crippen molar-refractivity contribution in [2.24, 2.45) is 13.0 Å². The molecule has 3 atom stereocenters. The molecular formula is C27H32FN7O3. The fourth-order valence-corrected chi connectivity index (χ4v) is 4.80. The number of aromatic nitrogens is 3. The first kappa shape index (κ1) is 26.8. The lowest BCUT2D eigenvalue weighted by atomic mass is 9.81. The first-order chi connectivity index (χ1) is 18.0. The molecule has 3 heterocycles. The summed E-state index contributed by atoms with van der Waals surface area (Å²) in [6, 6.07) is 4.26. The van der Waals surface area contributed by atoms with Gasteiger partial charge in [-0.1, -0.05) is 19.1 Å². The monoisotopic (exact) mass is 521 g/mol. The zero-order valence-electron chi connectivity index (χ0n) is 22.1. The Morgan fingerprint density at radius 2 is 1.95 bits per heavy atom. The molecule has 2 aromatic heterocycles. The summed E-state index contributed by atoms with van der Waals surface area (Å²) in [5, 5.41) is 2.77. The molecule has 0 radical (unpaired) electrons. The van der Waals surface area contributed by atoms with Gasteiger partial charge in [0, 0.05) is 38.2 Å². The number of aryl methyl sites for hydroxylation is 2. The van der Waals surface area contributed by atoms with Crippen molar-refractivity contribution in [1.29, 1.82) is 0 Å². The van der Waals surface area contributed by atoms with Crippen LogP contribution in [0.25, 0.3) is 0 Å². The van der Waals surface area contributed by atoms with Gasteiger partial charge >= 0.3 is 6.03 Å². The molecule has 1 aliphatic heterocycles. The van der Waals surface area contributed by atoms with E-state index in [0.717, 1.165) is 16.0 Å². The molecule has 1 saturated heterocycles. The standard InChI is InChI=1S/C27H32FN7O3/c1-6-20(18-8-7-15(2)16(3)22(18)28)32-27(38)35-23(25(37)34(5)26-31-11-12-33(26)4)19(24(35)36)13-17-9-10-30-21(29)14-17/h7-12,14,19-20,23H,6,13H2,1-5H3,(H2,29,30)(H,32,38)/t19-,20-,23+/m1/s1. The van der Waals surface area contributed by atoms with Crippen molar-refractivity contribution < 1.29 is 18.8 Å². The fraction of sp³-hybridized carbons (Fsp3) is 0.370. The van der Waals surface area contributed by atoms with E-state index >= 15 is 4.39 Å². The average Bonchev–Trinajstić information content (AvgIpc) is 3.32. The van der Waals surface area contributed by atoms with Gasteiger partial charge in [0.2, 0.25) is 11.9 Å². The van der Waals surface area contributed by atoms with Crippen LogP contribution >= 0.6 is 0 Å². The zero-order valence-corrected chi connectivity index (χ0v) is 22.1. The van der Waals surface area contributed by atoms with Gasteiger partial charge in [0.15, 0.2) is 0 Å². The van der Waals surface area contributed by atoms with Crippen molar-refractivity contribution >= 4 is 29.6 Å². The smallest absolute Gasteiger partial charge is 0.325 e. The van der Waals surface area contributed by atoms with Gasteiger partial charge in [-0.25, -0.2) is 19.2 Å². The summed E-state index contributed by atoms with van der Waals surface area (Å²) in [5.41, 5.74) is 8.14. The van der Waals surface area contributed by atoms with Crippen molar-refractivity contribution in [3.05, 3.63) is 70.9 Å². The van der Waals surface area contributed by atoms with Crippen LogP contribution in [0.4, 0.5) is 21.0 Å². The molecule has 4 amide bonds. The number of imide groups is 1. The first-order valence-corrected chi connectivity index (χ1v) is 12.4. The van der Waals surface area contributed by atoms with E-state index in [1.165, 1.54) is 11.1 Å². The summed E-state index contributed by atoms with van der Waals surface area (Å²) in [5.74, 6) is -1.51. The van der Waals surface area contributed by atoms with Crippen LogP contribution in [-0.2, 0) is 23.1 Å². The lowest BCUT2D eigenvalue weighted by Gasteiger charge is -2.45. The maximum Gasteiger partial charge on any atom is 0.325 e. The van der Waals surface area contributed by atoms with E-state index in [1.54, 1.807) is 62.2 Å². The van der Waals surface area contributed by atoms with Gasteiger partial charge < -0.3 is 15.6 Å². The molecule has 3 N–H and O–H groups in total. The van der Waals surface area contributed by atoms with Gasteiger partial charge in [-0.3, -0.25) is 19.4 Å². The highest BCUT2D eigenvalue weighted by Crippen LogP contribution is 2.33. The molecule has 4 rings (SSSR count). The second-order valence-corrected chi connectivity index (χ2v) is 9.61. The van der Waals surface area contributed by atoms with Crippen LogP contribution in [0.1, 0.15) is 41.6 Å². The number of hydrogen-bond acceptors (Lipinski definition) is 6. The SMILES string of the molecule is CC[C@@H](NC(=O)N1C(=O)[C@H](Cc2ccnc(N)c2)[C@H]1C(=O)N(C)c1nccn1C)c1ccc(C)c(C)c1F. The Hall–Kier alpha value is -4.28. The van der Waals surface area contributed by atoms with Gasteiger partial charge in [-0.15, -0.1) is 0 Å². The van der Waals surface area contributed by atoms with Crippen LogP contribution in [0, 0.1) is 25.6 Å². The second kappa shape index (κ2) is 10.6. The molecule has 1 aromatic carbocycles. The Labute approximate surface area is 220 Å². The summed E-state index contributed by atoms with van der Waals surface area (Å²) in [6.45, 7) is 5.30. The predicted molar refractivity (Wildman–Crippen MR) is 141 cm³/mol. The molecule has 1 fully saturated rings. The van der Waals surface area contributed by atoms with E-state index in [-0.39, 0.29) is 12.2 Å². The molecule has 200 valence electrons. The van der Waals surface area contributed by atoms with Crippen molar-refractivity contribution in [1.82, 2.24) is 24.8 Å². The fourth-order valence-electron chi connectivity index (χ4n) is 4.80. The van der Waals surface area contributed by atoms with E-state index < -0.39 is 41.7 Å². The predicted octanol–water partition coefficient (Wildman–Crippen LogP) is 3.05. The van der Waals surface area contributed by atoms with Crippen LogP contribution in [0.3, 0.4) is 0 Å². The molecule has 0 bridgehead atoms. The average molecular weight is 522 g/mol. The van der Waals surface area contributed by atoms with E-state index in [4.69, 9.17) is 5.73 Å². The minimum Gasteiger partial charge on any atom is -0.384 e. The molecule has 11 heteroatoms. The van der Waals surface area contributed by atoms with E-state index in [0.29, 0.717) is 23.5 Å². The minimum absolute atomic E-state index is 0.198. The number of urea groups is 1. The number of nitrogens with zero attached hydrogens (tertiary/aromatic N) is 5. The van der Waals surface area contributed by atoms with Crippen molar-refractivity contribution in [2.45, 2.75) is 45.7 Å². The van der Waals surface area contributed by atoms with Gasteiger partial charge in [-0.05, 0) is 55.5 Å². The molecule has 0 spiro atoms. The number of likely N-dealkylation sites (N-methyl/N-ethyl adjacent to an activating group) is 1. The number of benzene rings is 1. The maximum atomic E-state index is 15.0. The Morgan fingerprint density at radius 3 is 2.58 bits per heavy atom. The number of hydrogen-bond donors (Lipinski definition) is 2. The topological polar surface area (TPSA) is 126 Å². The van der Waals surface area contributed by atoms with Crippen LogP contribution < -0.4 is 16.0 Å². The molecular weight excluding hydrogens is 489 g/mol. The zero-order chi connectivity index (χ0) is 27.7. The van der Waals surface area contributed by atoms with E-state index in [2.05, 4.69) is 15.3 Å². The summed E-state index contributed by atoms with van der Waals surface area (Å²) in [4.78, 5) is 50.8. The quantitative estimate of drug-likeness (QED) is 0.460. The van der Waals surface area contributed by atoms with Gasteiger partial charge in [0.1, 0.15) is 17.7 Å². The lowest BCUT2D eigenvalue weighted by molar-refractivity contribution is -0.156. The molecule has 0 unspecified atom stereocenters. The highest BCUT2D eigenvalue weighted by Gasteiger charge is 2.55. The number of imidazole rings is 1. The number of nitrogens with one attached hydrogen (secondary N) is 1.